The summed E-state index contributed by atoms with van der Waals surface area (Å²) in [6, 6.07) is 5.80. The van der Waals surface area contributed by atoms with Crippen molar-refractivity contribution in [1.82, 2.24) is 15.0 Å². The van der Waals surface area contributed by atoms with Crippen LogP contribution in [0.15, 0.2) is 18.2 Å². The molecule has 0 radical (unpaired) electrons. The Labute approximate surface area is 120 Å². The van der Waals surface area contributed by atoms with E-state index in [1.807, 2.05) is 32.0 Å². The minimum Gasteiger partial charge on any atom is -0.250 e. The lowest BCUT2D eigenvalue weighted by Crippen LogP contribution is -1.93. The highest BCUT2D eigenvalue weighted by Crippen LogP contribution is 2.34. The molecule has 0 amide bonds. The molecular weight excluding hydrogens is 278 g/mol. The van der Waals surface area contributed by atoms with Gasteiger partial charge >= 0.3 is 0 Å². The number of fused-ring (bicyclic) bond motifs is 1. The summed E-state index contributed by atoms with van der Waals surface area (Å²) in [5.41, 5.74) is 2.86. The van der Waals surface area contributed by atoms with E-state index in [-0.39, 0.29) is 0 Å². The van der Waals surface area contributed by atoms with Gasteiger partial charge in [-0.1, -0.05) is 17.7 Å². The largest absolute Gasteiger partial charge is 0.250 e. The molecule has 19 heavy (non-hydrogen) atoms. The molecule has 5 heteroatoms. The topological polar surface area (TPSA) is 38.7 Å². The van der Waals surface area contributed by atoms with Crippen LogP contribution in [0.2, 0.25) is 5.15 Å². The maximum absolute atomic E-state index is 6.30. The normalized spacial score (nSPS) is 11.2. The van der Waals surface area contributed by atoms with Crippen LogP contribution < -0.4 is 0 Å². The Morgan fingerprint density at radius 2 is 1.84 bits per heavy atom. The molecule has 0 aromatic carbocycles. The number of aryl methyl sites for hydroxylation is 3. The molecule has 0 N–H and O–H groups in total. The van der Waals surface area contributed by atoms with Crippen LogP contribution in [0, 0.1) is 20.8 Å². The molecule has 3 aromatic heterocycles. The zero-order chi connectivity index (χ0) is 13.6. The summed E-state index contributed by atoms with van der Waals surface area (Å²) in [5.74, 6) is 0.586. The van der Waals surface area contributed by atoms with Crippen LogP contribution in [0.1, 0.15) is 16.1 Å². The molecule has 3 nitrogen and oxygen atoms in total. The smallest absolute Gasteiger partial charge is 0.180 e. The van der Waals surface area contributed by atoms with E-state index in [9.17, 15) is 0 Å². The maximum Gasteiger partial charge on any atom is 0.180 e. The number of nitrogens with zero attached hydrogens (tertiary/aromatic N) is 3. The maximum atomic E-state index is 6.30. The number of thiophene rings is 1. The second kappa shape index (κ2) is 4.54. The Morgan fingerprint density at radius 3 is 2.58 bits per heavy atom. The third-order valence-electron chi connectivity index (χ3n) is 3.10. The summed E-state index contributed by atoms with van der Waals surface area (Å²) >= 11 is 7.94. The number of rotatable bonds is 1. The Balaban J connectivity index is 2.27. The van der Waals surface area contributed by atoms with Gasteiger partial charge in [0, 0.05) is 10.6 Å². The van der Waals surface area contributed by atoms with Crippen molar-refractivity contribution < 1.29 is 0 Å². The van der Waals surface area contributed by atoms with E-state index in [0.29, 0.717) is 11.0 Å². The van der Waals surface area contributed by atoms with Crippen molar-refractivity contribution in [2.75, 3.05) is 0 Å². The van der Waals surface area contributed by atoms with Crippen molar-refractivity contribution in [3.05, 3.63) is 39.5 Å². The molecule has 0 unspecified atom stereocenters. The lowest BCUT2D eigenvalue weighted by Gasteiger charge is -2.02. The Morgan fingerprint density at radius 1 is 1.05 bits per heavy atom. The highest BCUT2D eigenvalue weighted by atomic mass is 35.5. The summed E-state index contributed by atoms with van der Waals surface area (Å²) in [6.07, 6.45) is 0. The second-order valence-electron chi connectivity index (χ2n) is 4.47. The first kappa shape index (κ1) is 12.5. The predicted octanol–water partition coefficient (Wildman–Crippen LogP) is 4.33. The lowest BCUT2D eigenvalue weighted by molar-refractivity contribution is 1.14. The van der Waals surface area contributed by atoms with Crippen LogP contribution in [-0.4, -0.2) is 15.0 Å². The third kappa shape index (κ3) is 2.11. The SMILES string of the molecule is Cc1cccc(-c2nc(Cl)c3c(C)c(C)sc3n2)n1. The number of hydrogen-bond acceptors (Lipinski definition) is 4. The number of aromatic nitrogens is 3. The average molecular weight is 290 g/mol. The van der Waals surface area contributed by atoms with E-state index in [1.165, 1.54) is 4.88 Å². The molecule has 3 rings (SSSR count). The van der Waals surface area contributed by atoms with Crippen molar-refractivity contribution in [3.8, 4) is 11.5 Å². The zero-order valence-corrected chi connectivity index (χ0v) is 12.4. The standard InChI is InChI=1S/C14H12ClN3S/c1-7-5-4-6-10(16-7)13-17-12(15)11-8(2)9(3)19-14(11)18-13/h4-6H,1-3H3. The quantitative estimate of drug-likeness (QED) is 0.626. The fraction of sp³-hybridized carbons (Fsp3) is 0.214. The van der Waals surface area contributed by atoms with Gasteiger partial charge in [-0.2, -0.15) is 0 Å². The molecule has 0 fully saturated rings. The second-order valence-corrected chi connectivity index (χ2v) is 6.03. The van der Waals surface area contributed by atoms with Gasteiger partial charge in [0.2, 0.25) is 0 Å². The number of pyridine rings is 1. The highest BCUT2D eigenvalue weighted by Gasteiger charge is 2.14. The van der Waals surface area contributed by atoms with Gasteiger partial charge in [0.05, 0.1) is 5.39 Å². The lowest BCUT2D eigenvalue weighted by atomic mass is 10.2. The van der Waals surface area contributed by atoms with Crippen LogP contribution in [0.4, 0.5) is 0 Å². The van der Waals surface area contributed by atoms with Crippen LogP contribution in [-0.2, 0) is 0 Å². The minimum atomic E-state index is 0.505. The Bertz CT molecular complexity index is 780. The molecule has 3 aromatic rings. The molecule has 0 spiro atoms. The average Bonchev–Trinajstić information content (AvgIpc) is 2.65. The van der Waals surface area contributed by atoms with E-state index < -0.39 is 0 Å². The summed E-state index contributed by atoms with van der Waals surface area (Å²) in [5, 5.41) is 1.46. The van der Waals surface area contributed by atoms with Gasteiger partial charge in [-0.15, -0.1) is 11.3 Å². The van der Waals surface area contributed by atoms with E-state index in [2.05, 4.69) is 21.9 Å². The predicted molar refractivity (Wildman–Crippen MR) is 79.9 cm³/mol. The van der Waals surface area contributed by atoms with Crippen molar-refractivity contribution in [2.24, 2.45) is 0 Å². The molecule has 96 valence electrons. The van der Waals surface area contributed by atoms with Crippen molar-refractivity contribution in [2.45, 2.75) is 20.8 Å². The van der Waals surface area contributed by atoms with Gasteiger partial charge in [-0.05, 0) is 38.5 Å². The highest BCUT2D eigenvalue weighted by molar-refractivity contribution is 7.18. The molecule has 0 aliphatic carbocycles. The third-order valence-corrected chi connectivity index (χ3v) is 4.48. The van der Waals surface area contributed by atoms with E-state index in [1.54, 1.807) is 11.3 Å². The van der Waals surface area contributed by atoms with Crippen molar-refractivity contribution in [1.29, 1.82) is 0 Å². The van der Waals surface area contributed by atoms with Gasteiger partial charge in [0.25, 0.3) is 0 Å². The molecular formula is C14H12ClN3S. The van der Waals surface area contributed by atoms with Gasteiger partial charge in [0.1, 0.15) is 15.7 Å². The van der Waals surface area contributed by atoms with E-state index >= 15 is 0 Å². The number of halogens is 1. The van der Waals surface area contributed by atoms with Crippen molar-refractivity contribution >= 4 is 33.2 Å². The fourth-order valence-electron chi connectivity index (χ4n) is 1.98. The molecule has 0 atom stereocenters. The minimum absolute atomic E-state index is 0.505. The first-order valence-corrected chi connectivity index (χ1v) is 7.13. The molecule has 3 heterocycles. The van der Waals surface area contributed by atoms with Crippen LogP contribution >= 0.6 is 22.9 Å². The molecule has 0 aliphatic heterocycles. The summed E-state index contributed by atoms with van der Waals surface area (Å²) < 4.78 is 0. The van der Waals surface area contributed by atoms with Gasteiger partial charge in [-0.25, -0.2) is 15.0 Å². The molecule has 0 aliphatic rings. The first-order chi connectivity index (χ1) is 9.06. The zero-order valence-electron chi connectivity index (χ0n) is 10.9. The van der Waals surface area contributed by atoms with Gasteiger partial charge in [-0.3, -0.25) is 0 Å². The Kier molecular flexibility index (Phi) is 2.99. The molecule has 0 saturated carbocycles. The van der Waals surface area contributed by atoms with E-state index in [4.69, 9.17) is 11.6 Å². The first-order valence-electron chi connectivity index (χ1n) is 5.93. The summed E-state index contributed by atoms with van der Waals surface area (Å²) in [6.45, 7) is 6.07. The van der Waals surface area contributed by atoms with Gasteiger partial charge in [0.15, 0.2) is 5.82 Å². The number of hydrogen-bond donors (Lipinski definition) is 0. The van der Waals surface area contributed by atoms with Gasteiger partial charge < -0.3 is 0 Å². The van der Waals surface area contributed by atoms with Crippen LogP contribution in [0.5, 0.6) is 0 Å². The van der Waals surface area contributed by atoms with Crippen LogP contribution in [0.3, 0.4) is 0 Å². The summed E-state index contributed by atoms with van der Waals surface area (Å²) in [4.78, 5) is 15.6. The van der Waals surface area contributed by atoms with E-state index in [0.717, 1.165) is 27.2 Å². The molecule has 0 saturated heterocycles. The Hall–Kier alpha value is -1.52. The summed E-state index contributed by atoms with van der Waals surface area (Å²) in [7, 11) is 0. The molecule has 0 bridgehead atoms. The van der Waals surface area contributed by atoms with Crippen molar-refractivity contribution in [3.63, 3.8) is 0 Å². The monoisotopic (exact) mass is 289 g/mol. The van der Waals surface area contributed by atoms with Crippen LogP contribution in [0.25, 0.3) is 21.7 Å². The fourth-order valence-corrected chi connectivity index (χ4v) is 3.38.